The number of rotatable bonds is 14. The molecule has 5 atom stereocenters. The Morgan fingerprint density at radius 1 is 0.922 bits per heavy atom. The van der Waals surface area contributed by atoms with Crippen LogP contribution in [0, 0.1) is 11.3 Å². The van der Waals surface area contributed by atoms with Gasteiger partial charge in [-0.05, 0) is 57.6 Å². The monoisotopic (exact) mass is 893 g/mol. The lowest BCUT2D eigenvalue weighted by Gasteiger charge is -2.36. The minimum Gasteiger partial charge on any atom is -0.497 e. The molecule has 3 aliphatic rings. The molecule has 3 aromatic carbocycles. The molecule has 1 saturated heterocycles. The van der Waals surface area contributed by atoms with Crippen LogP contribution >= 0.6 is 0 Å². The average molecular weight is 894 g/mol. The first-order valence-electron chi connectivity index (χ1n) is 21.2. The first-order chi connectivity index (χ1) is 30.1. The zero-order valence-electron chi connectivity index (χ0n) is 37.1. The van der Waals surface area contributed by atoms with Gasteiger partial charge in [-0.2, -0.15) is 0 Å². The summed E-state index contributed by atoms with van der Waals surface area (Å²) in [5, 5.41) is 6.17. The van der Waals surface area contributed by atoms with Gasteiger partial charge in [0.2, 0.25) is 21.8 Å². The predicted molar refractivity (Wildman–Crippen MR) is 240 cm³/mol. The molecule has 15 nitrogen and oxygen atoms in total. The van der Waals surface area contributed by atoms with E-state index in [1.165, 1.54) is 23.1 Å². The van der Waals surface area contributed by atoms with Gasteiger partial charge in [0.25, 0.3) is 5.91 Å². The van der Waals surface area contributed by atoms with Gasteiger partial charge in [-0.15, -0.1) is 6.58 Å². The van der Waals surface area contributed by atoms with Crippen molar-refractivity contribution in [2.45, 2.75) is 101 Å². The van der Waals surface area contributed by atoms with Crippen LogP contribution in [0.5, 0.6) is 11.5 Å². The zero-order valence-corrected chi connectivity index (χ0v) is 37.9. The summed E-state index contributed by atoms with van der Waals surface area (Å²) in [7, 11) is -3.02. The number of benzene rings is 3. The molecule has 0 spiro atoms. The number of pyridine rings is 1. The number of alkyl carbamates (subject to hydrolysis) is 1. The van der Waals surface area contributed by atoms with Gasteiger partial charge in [0.05, 0.1) is 24.9 Å². The number of methoxy groups -OCH3 is 1. The van der Waals surface area contributed by atoms with E-state index in [0.717, 1.165) is 5.56 Å². The first-order valence-corrected chi connectivity index (χ1v) is 22.7. The van der Waals surface area contributed by atoms with Crippen molar-refractivity contribution in [2.75, 3.05) is 13.7 Å². The average Bonchev–Trinajstić information content (AvgIpc) is 4.16. The number of aromatic nitrogens is 1. The number of amides is 4. The minimum atomic E-state index is -4.58. The summed E-state index contributed by atoms with van der Waals surface area (Å²) >= 11 is 0. The van der Waals surface area contributed by atoms with Gasteiger partial charge in [0, 0.05) is 41.0 Å². The Balaban J connectivity index is 1.21. The van der Waals surface area contributed by atoms with Crippen LogP contribution in [0.4, 0.5) is 4.79 Å². The van der Waals surface area contributed by atoms with Gasteiger partial charge in [-0.3, -0.25) is 23.9 Å². The molecule has 2 saturated carbocycles. The van der Waals surface area contributed by atoms with Gasteiger partial charge < -0.3 is 29.7 Å². The topological polar surface area (TPSA) is 199 Å². The highest BCUT2D eigenvalue weighted by molar-refractivity contribution is 7.92. The molecule has 3 N–H and O–H groups in total. The summed E-state index contributed by atoms with van der Waals surface area (Å²) in [6, 6.07) is 22.2. The fraction of sp³-hybridized carbons (Fsp3) is 0.417. The number of carbonyl (C=O) groups excluding carboxylic acids is 5. The van der Waals surface area contributed by atoms with Crippen molar-refractivity contribution in [3.05, 3.63) is 103 Å². The van der Waals surface area contributed by atoms with E-state index in [9.17, 15) is 32.4 Å². The fourth-order valence-electron chi connectivity index (χ4n) is 8.18. The molecular formula is C48H55N5O10S. The predicted octanol–water partition coefficient (Wildman–Crippen LogP) is 6.12. The second-order valence-corrected chi connectivity index (χ2v) is 20.8. The van der Waals surface area contributed by atoms with E-state index in [4.69, 9.17) is 19.2 Å². The van der Waals surface area contributed by atoms with Gasteiger partial charge in [0.1, 0.15) is 40.8 Å². The van der Waals surface area contributed by atoms with Crippen molar-refractivity contribution < 1.29 is 46.6 Å². The van der Waals surface area contributed by atoms with Crippen LogP contribution in [-0.4, -0.2) is 95.6 Å². The molecule has 0 bridgehead atoms. The Kier molecular flexibility index (Phi) is 12.2. The summed E-state index contributed by atoms with van der Waals surface area (Å²) in [5.41, 5.74) is -1.30. The Morgan fingerprint density at radius 2 is 1.58 bits per heavy atom. The first kappa shape index (κ1) is 45.7. The Bertz CT molecular complexity index is 2600. The molecule has 2 unspecified atom stereocenters. The second-order valence-electron chi connectivity index (χ2n) is 18.8. The van der Waals surface area contributed by atoms with Crippen LogP contribution in [0.15, 0.2) is 97.6 Å². The number of ketones is 1. The highest BCUT2D eigenvalue weighted by Crippen LogP contribution is 2.49. The lowest BCUT2D eigenvalue weighted by Crippen LogP contribution is -2.60. The number of nitrogens with one attached hydrogen (secondary N) is 3. The SMILES string of the molecule is C=CC1CC1(NC(=O)[C@@H]1C[C@@H](Oc2cc(-c3ccccc3)nc3cc(OC)ccc23)CN1C(=O)[C@@H](NC(=O)OC(C)(C)C)C(C)(C)C)C(=O)NS(=O)(=O)C1(C(=O)c2ccccc2)CC1. The normalized spacial score (nSPS) is 21.8. The van der Waals surface area contributed by atoms with Crippen molar-refractivity contribution in [1.29, 1.82) is 0 Å². The highest BCUT2D eigenvalue weighted by atomic mass is 32.2. The van der Waals surface area contributed by atoms with Gasteiger partial charge in [-0.25, -0.2) is 18.2 Å². The largest absolute Gasteiger partial charge is 0.497 e. The summed E-state index contributed by atoms with van der Waals surface area (Å²) in [6.07, 6.45) is -0.165. The van der Waals surface area contributed by atoms with E-state index in [1.807, 2.05) is 36.4 Å². The number of ether oxygens (including phenoxy) is 3. The van der Waals surface area contributed by atoms with E-state index in [0.29, 0.717) is 28.1 Å². The third-order valence-corrected chi connectivity index (χ3v) is 14.0. The van der Waals surface area contributed by atoms with Crippen LogP contribution < -0.4 is 24.8 Å². The van der Waals surface area contributed by atoms with Gasteiger partial charge in [-0.1, -0.05) is 87.5 Å². The number of nitrogens with zero attached hydrogens (tertiary/aromatic N) is 2. The fourth-order valence-corrected chi connectivity index (χ4v) is 9.81. The third kappa shape index (κ3) is 9.19. The smallest absolute Gasteiger partial charge is 0.408 e. The van der Waals surface area contributed by atoms with Gasteiger partial charge >= 0.3 is 6.09 Å². The van der Waals surface area contributed by atoms with Crippen molar-refractivity contribution in [1.82, 2.24) is 25.2 Å². The molecule has 16 heteroatoms. The Hall–Kier alpha value is -6.29. The van der Waals surface area contributed by atoms with Crippen LogP contribution in [0.1, 0.15) is 77.6 Å². The van der Waals surface area contributed by atoms with Crippen LogP contribution in [0.3, 0.4) is 0 Å². The van der Waals surface area contributed by atoms with Crippen molar-refractivity contribution in [3.63, 3.8) is 0 Å². The lowest BCUT2D eigenvalue weighted by molar-refractivity contribution is -0.143. The minimum absolute atomic E-state index is 0.0172. The number of Topliss-reactive ketones (excluding diaryl/α,β-unsaturated/α-hetero) is 1. The maximum atomic E-state index is 14.8. The highest BCUT2D eigenvalue weighted by Gasteiger charge is 2.66. The summed E-state index contributed by atoms with van der Waals surface area (Å²) in [4.78, 5) is 76.6. The van der Waals surface area contributed by atoms with Crippen molar-refractivity contribution in [3.8, 4) is 22.8 Å². The molecule has 7 rings (SSSR count). The van der Waals surface area contributed by atoms with Crippen LogP contribution in [0.25, 0.3) is 22.2 Å². The van der Waals surface area contributed by atoms with Crippen LogP contribution in [-0.2, 0) is 29.1 Å². The number of carbonyl (C=O) groups is 5. The van der Waals surface area contributed by atoms with E-state index in [-0.39, 0.29) is 37.8 Å². The molecular weight excluding hydrogens is 839 g/mol. The zero-order chi connectivity index (χ0) is 46.4. The number of likely N-dealkylation sites (tertiary alicyclic amines) is 1. The molecule has 2 heterocycles. The van der Waals surface area contributed by atoms with E-state index in [2.05, 4.69) is 21.9 Å². The summed E-state index contributed by atoms with van der Waals surface area (Å²) < 4.78 is 45.8. The maximum absolute atomic E-state index is 14.8. The molecule has 1 aliphatic heterocycles. The number of fused-ring (bicyclic) bond motifs is 1. The molecule has 4 aromatic rings. The molecule has 0 radical (unpaired) electrons. The lowest BCUT2D eigenvalue weighted by atomic mass is 9.85. The maximum Gasteiger partial charge on any atom is 0.408 e. The quantitative estimate of drug-likeness (QED) is 0.0974. The summed E-state index contributed by atoms with van der Waals surface area (Å²) in [6.45, 7) is 14.1. The Labute approximate surface area is 373 Å². The van der Waals surface area contributed by atoms with E-state index < -0.39 is 85.0 Å². The molecule has 4 amide bonds. The number of hydrogen-bond donors (Lipinski definition) is 3. The van der Waals surface area contributed by atoms with E-state index >= 15 is 0 Å². The van der Waals surface area contributed by atoms with Crippen molar-refractivity contribution >= 4 is 50.5 Å². The molecule has 2 aliphatic carbocycles. The number of sulfonamides is 1. The standard InChI is InChI=1S/C48H55N5O10S/c1-9-31-27-48(31,43(57)52-64(59,60)47(22-23-47)40(54)30-18-14-11-15-19-30)51-41(55)37-25-33(28-53(37)42(56)39(45(2,3)4)50-44(58)63-46(5,6)7)62-38-26-35(29-16-12-10-13-17-29)49-36-24-32(61-8)20-21-34(36)38/h9-21,24,26,31,33,37,39H,1,22-23,25,27-28H2,2-8H3,(H,50,58)(H,51,55)(H,52,57)/t31?,33-,37+,39-,48?/m1/s1. The molecule has 3 fully saturated rings. The molecule has 338 valence electrons. The van der Waals surface area contributed by atoms with Crippen LogP contribution in [0.2, 0.25) is 0 Å². The summed E-state index contributed by atoms with van der Waals surface area (Å²) in [5.74, 6) is -2.67. The van der Waals surface area contributed by atoms with Gasteiger partial charge in [0.15, 0.2) is 10.5 Å². The second kappa shape index (κ2) is 17.0. The number of hydrogen-bond acceptors (Lipinski definition) is 11. The Morgan fingerprint density at radius 3 is 2.16 bits per heavy atom. The van der Waals surface area contributed by atoms with Crippen molar-refractivity contribution in [2.24, 2.45) is 11.3 Å². The third-order valence-electron chi connectivity index (χ3n) is 11.9. The molecule has 64 heavy (non-hydrogen) atoms. The van der Waals surface area contributed by atoms with E-state index in [1.54, 1.807) is 85.1 Å². The molecule has 1 aromatic heterocycles.